The third kappa shape index (κ3) is 2.45. The second-order valence-electron chi connectivity index (χ2n) is 10.0. The molecule has 0 fully saturated rings. The number of hydrogen-bond acceptors (Lipinski definition) is 2. The van der Waals surface area contributed by atoms with Crippen molar-refractivity contribution in [2.45, 2.75) is 32.1 Å². The van der Waals surface area contributed by atoms with E-state index in [-0.39, 0.29) is 5.41 Å². The van der Waals surface area contributed by atoms with Crippen molar-refractivity contribution < 1.29 is 0 Å². The van der Waals surface area contributed by atoms with E-state index in [1.807, 2.05) is 12.4 Å². The maximum absolute atomic E-state index is 5.13. The summed E-state index contributed by atoms with van der Waals surface area (Å²) in [6.45, 7) is 7.06. The fourth-order valence-electron chi connectivity index (χ4n) is 6.11. The smallest absolute Gasteiger partial charge is 0.138 e. The van der Waals surface area contributed by atoms with Crippen molar-refractivity contribution in [2.75, 3.05) is 0 Å². The molecule has 0 aliphatic heterocycles. The summed E-state index contributed by atoms with van der Waals surface area (Å²) in [5.41, 5.74) is 11.4. The lowest BCUT2D eigenvalue weighted by Gasteiger charge is -2.30. The molecule has 160 valence electrons. The van der Waals surface area contributed by atoms with E-state index in [0.717, 1.165) is 27.6 Å². The van der Waals surface area contributed by atoms with Crippen molar-refractivity contribution in [1.82, 2.24) is 14.4 Å². The number of benzene rings is 2. The standard InChI is InChI=1S/C30H25N3/c1-18-15-23-20-7-4-5-9-24(20)30(2,3)25(23)16-22(18)21-8-6-10-27-29(21)32-28-12-11-19-17-31-14-13-26(19)33(27)28/h4-18,22H,1-3H3. The zero-order valence-electron chi connectivity index (χ0n) is 19.1. The van der Waals surface area contributed by atoms with Crippen LogP contribution in [0.1, 0.15) is 43.4 Å². The molecule has 5 aromatic rings. The zero-order chi connectivity index (χ0) is 22.3. The van der Waals surface area contributed by atoms with Crippen molar-refractivity contribution in [3.8, 4) is 0 Å². The Bertz CT molecular complexity index is 1660. The van der Waals surface area contributed by atoms with Gasteiger partial charge in [0.05, 0.1) is 16.6 Å². The quantitative estimate of drug-likeness (QED) is 0.286. The Kier molecular flexibility index (Phi) is 3.66. The van der Waals surface area contributed by atoms with Gasteiger partial charge < -0.3 is 0 Å². The molecule has 0 amide bonds. The van der Waals surface area contributed by atoms with E-state index in [1.54, 1.807) is 0 Å². The molecule has 0 spiro atoms. The first-order valence-corrected chi connectivity index (χ1v) is 11.7. The van der Waals surface area contributed by atoms with Gasteiger partial charge in [0.2, 0.25) is 0 Å². The lowest BCUT2D eigenvalue weighted by molar-refractivity contribution is 0.603. The molecule has 2 atom stereocenters. The molecule has 0 N–H and O–H groups in total. The minimum Gasteiger partial charge on any atom is -0.292 e. The van der Waals surface area contributed by atoms with Crippen LogP contribution in [0.15, 0.2) is 90.8 Å². The molecular weight excluding hydrogens is 402 g/mol. The summed E-state index contributed by atoms with van der Waals surface area (Å²) in [5, 5.41) is 1.13. The van der Waals surface area contributed by atoms with Gasteiger partial charge in [-0.15, -0.1) is 0 Å². The number of imidazole rings is 1. The Labute approximate surface area is 193 Å². The first-order valence-electron chi connectivity index (χ1n) is 11.7. The number of nitrogens with zero attached hydrogens (tertiary/aromatic N) is 3. The predicted octanol–water partition coefficient (Wildman–Crippen LogP) is 7.07. The summed E-state index contributed by atoms with van der Waals surface area (Å²) in [7, 11) is 0. The van der Waals surface area contributed by atoms with Crippen LogP contribution in [0.4, 0.5) is 0 Å². The molecule has 0 saturated heterocycles. The van der Waals surface area contributed by atoms with Crippen molar-refractivity contribution >= 4 is 33.2 Å². The highest BCUT2D eigenvalue weighted by atomic mass is 15.0. The first kappa shape index (κ1) is 18.8. The summed E-state index contributed by atoms with van der Waals surface area (Å²) < 4.78 is 2.27. The number of allylic oxidation sites excluding steroid dienone is 4. The number of aromatic nitrogens is 3. The number of hydrogen-bond donors (Lipinski definition) is 0. The van der Waals surface area contributed by atoms with Gasteiger partial charge in [0, 0.05) is 29.1 Å². The minimum atomic E-state index is 0.0107. The van der Waals surface area contributed by atoms with Crippen LogP contribution in [0.2, 0.25) is 0 Å². The lowest BCUT2D eigenvalue weighted by Crippen LogP contribution is -2.19. The van der Waals surface area contributed by atoms with Gasteiger partial charge in [0.25, 0.3) is 0 Å². The highest BCUT2D eigenvalue weighted by molar-refractivity contribution is 5.93. The van der Waals surface area contributed by atoms with Crippen molar-refractivity contribution in [1.29, 1.82) is 0 Å². The van der Waals surface area contributed by atoms with E-state index in [9.17, 15) is 0 Å². The van der Waals surface area contributed by atoms with Crippen LogP contribution in [-0.4, -0.2) is 14.4 Å². The van der Waals surface area contributed by atoms with Crippen LogP contribution in [0.3, 0.4) is 0 Å². The summed E-state index contributed by atoms with van der Waals surface area (Å²) in [6.07, 6.45) is 8.80. The van der Waals surface area contributed by atoms with Gasteiger partial charge in [-0.25, -0.2) is 4.98 Å². The van der Waals surface area contributed by atoms with Gasteiger partial charge in [0.15, 0.2) is 0 Å². The first-order chi connectivity index (χ1) is 16.0. The highest BCUT2D eigenvalue weighted by Crippen LogP contribution is 2.54. The van der Waals surface area contributed by atoms with Crippen LogP contribution in [0.25, 0.3) is 33.2 Å². The average Bonchev–Trinajstić information content (AvgIpc) is 3.32. The monoisotopic (exact) mass is 427 g/mol. The van der Waals surface area contributed by atoms with E-state index in [0.29, 0.717) is 11.8 Å². The molecule has 2 aromatic carbocycles. The molecule has 3 aromatic heterocycles. The fourth-order valence-corrected chi connectivity index (χ4v) is 6.11. The molecule has 33 heavy (non-hydrogen) atoms. The van der Waals surface area contributed by atoms with Gasteiger partial charge >= 0.3 is 0 Å². The zero-order valence-corrected chi connectivity index (χ0v) is 19.1. The second-order valence-corrected chi connectivity index (χ2v) is 10.0. The molecule has 0 bridgehead atoms. The molecule has 3 heteroatoms. The number of fused-ring (bicyclic) bond motifs is 8. The van der Waals surface area contributed by atoms with Crippen LogP contribution in [0.5, 0.6) is 0 Å². The maximum atomic E-state index is 5.13. The van der Waals surface area contributed by atoms with Crippen molar-refractivity contribution in [3.63, 3.8) is 0 Å². The SMILES string of the molecule is CC1C=C2C(=CC1c1cccc3c1nc1ccc4cnccc4n13)C(C)(C)c1ccccc12. The van der Waals surface area contributed by atoms with Gasteiger partial charge in [-0.1, -0.05) is 69.3 Å². The van der Waals surface area contributed by atoms with E-state index >= 15 is 0 Å². The number of pyridine rings is 2. The van der Waals surface area contributed by atoms with Gasteiger partial charge in [-0.3, -0.25) is 9.38 Å². The average molecular weight is 428 g/mol. The molecule has 0 saturated carbocycles. The maximum Gasteiger partial charge on any atom is 0.138 e. The third-order valence-corrected chi connectivity index (χ3v) is 7.78. The van der Waals surface area contributed by atoms with E-state index in [2.05, 4.69) is 103 Å². The van der Waals surface area contributed by atoms with Crippen LogP contribution < -0.4 is 0 Å². The molecule has 0 radical (unpaired) electrons. The molecule has 2 aliphatic carbocycles. The Morgan fingerprint density at radius 1 is 0.879 bits per heavy atom. The highest BCUT2D eigenvalue weighted by Gasteiger charge is 2.41. The second kappa shape index (κ2) is 6.41. The van der Waals surface area contributed by atoms with Crippen LogP contribution in [-0.2, 0) is 5.41 Å². The molecule has 2 aliphatic rings. The molecule has 3 nitrogen and oxygen atoms in total. The van der Waals surface area contributed by atoms with Crippen LogP contribution in [0, 0.1) is 5.92 Å². The summed E-state index contributed by atoms with van der Waals surface area (Å²) in [5.74, 6) is 0.681. The van der Waals surface area contributed by atoms with Crippen LogP contribution >= 0.6 is 0 Å². The van der Waals surface area contributed by atoms with Crippen molar-refractivity contribution in [2.24, 2.45) is 5.92 Å². The van der Waals surface area contributed by atoms with Gasteiger partial charge in [-0.05, 0) is 58.0 Å². The molecule has 3 heterocycles. The predicted molar refractivity (Wildman–Crippen MR) is 135 cm³/mol. The number of rotatable bonds is 1. The lowest BCUT2D eigenvalue weighted by atomic mass is 9.74. The van der Waals surface area contributed by atoms with E-state index in [4.69, 9.17) is 4.98 Å². The van der Waals surface area contributed by atoms with Gasteiger partial charge in [-0.2, -0.15) is 0 Å². The van der Waals surface area contributed by atoms with E-state index in [1.165, 1.54) is 27.8 Å². The summed E-state index contributed by atoms with van der Waals surface area (Å²) in [6, 6.07) is 21.8. The minimum absolute atomic E-state index is 0.0107. The third-order valence-electron chi connectivity index (χ3n) is 7.78. The Balaban J connectivity index is 1.46. The normalized spacial score (nSPS) is 21.2. The Morgan fingerprint density at radius 3 is 2.67 bits per heavy atom. The van der Waals surface area contributed by atoms with Crippen molar-refractivity contribution in [3.05, 3.63) is 107 Å². The largest absolute Gasteiger partial charge is 0.292 e. The molecular formula is C30H25N3. The molecule has 2 unspecified atom stereocenters. The fraction of sp³-hybridized carbons (Fsp3) is 0.200. The van der Waals surface area contributed by atoms with E-state index < -0.39 is 0 Å². The Hall–Kier alpha value is -3.72. The number of para-hydroxylation sites is 1. The van der Waals surface area contributed by atoms with Gasteiger partial charge in [0.1, 0.15) is 5.65 Å². The molecule has 7 rings (SSSR count). The Morgan fingerprint density at radius 2 is 1.76 bits per heavy atom. The topological polar surface area (TPSA) is 30.2 Å². The summed E-state index contributed by atoms with van der Waals surface area (Å²) in [4.78, 5) is 9.43. The summed E-state index contributed by atoms with van der Waals surface area (Å²) >= 11 is 0.